The maximum Gasteiger partial charge on any atom is 0.326 e. The summed E-state index contributed by atoms with van der Waals surface area (Å²) >= 11 is 0. The van der Waals surface area contributed by atoms with Gasteiger partial charge in [0.05, 0.1) is 11.0 Å². The predicted molar refractivity (Wildman–Crippen MR) is 103 cm³/mol. The average Bonchev–Trinajstić information content (AvgIpc) is 2.99. The van der Waals surface area contributed by atoms with E-state index in [1.165, 1.54) is 0 Å². The first-order chi connectivity index (χ1) is 12.6. The third-order valence-electron chi connectivity index (χ3n) is 5.13. The number of urea groups is 1. The molecule has 1 aromatic heterocycles. The van der Waals surface area contributed by atoms with Crippen molar-refractivity contribution in [2.24, 2.45) is 0 Å². The second-order valence-corrected chi connectivity index (χ2v) is 6.78. The Hall–Kier alpha value is -3.02. The number of amides is 2. The number of anilines is 1. The van der Waals surface area contributed by atoms with E-state index < -0.39 is 0 Å². The lowest BCUT2D eigenvalue weighted by Crippen LogP contribution is -2.42. The summed E-state index contributed by atoms with van der Waals surface area (Å²) in [6.45, 7) is 3.24. The zero-order valence-electron chi connectivity index (χ0n) is 14.7. The number of H-pyrrole nitrogens is 1. The monoisotopic (exact) mass is 350 g/mol. The zero-order chi connectivity index (χ0) is 18.1. The molecule has 2 N–H and O–H groups in total. The fraction of sp³-hybridized carbons (Fsp3) is 0.300. The molecular formula is C20H22N4O2. The van der Waals surface area contributed by atoms with Gasteiger partial charge in [0.25, 0.3) is 0 Å². The maximum atomic E-state index is 12.5. The van der Waals surface area contributed by atoms with E-state index >= 15 is 0 Å². The summed E-state index contributed by atoms with van der Waals surface area (Å²) in [5.74, 6) is 0. The van der Waals surface area contributed by atoms with Crippen molar-refractivity contribution in [2.45, 2.75) is 25.8 Å². The highest BCUT2D eigenvalue weighted by molar-refractivity contribution is 5.90. The molecule has 4 rings (SSSR count). The van der Waals surface area contributed by atoms with Crippen molar-refractivity contribution in [2.75, 3.05) is 18.4 Å². The highest BCUT2D eigenvalue weighted by Crippen LogP contribution is 2.25. The Morgan fingerprint density at radius 3 is 2.54 bits per heavy atom. The van der Waals surface area contributed by atoms with E-state index in [2.05, 4.69) is 10.3 Å². The number of nitrogens with one attached hydrogen (secondary N) is 2. The van der Waals surface area contributed by atoms with Gasteiger partial charge in [-0.1, -0.05) is 30.3 Å². The number of imidazole rings is 1. The predicted octanol–water partition coefficient (Wildman–Crippen LogP) is 3.51. The summed E-state index contributed by atoms with van der Waals surface area (Å²) in [4.78, 5) is 29.6. The van der Waals surface area contributed by atoms with Crippen LogP contribution in [0, 0.1) is 6.92 Å². The topological polar surface area (TPSA) is 70.1 Å². The number of aromatic amines is 1. The van der Waals surface area contributed by atoms with Crippen molar-refractivity contribution < 1.29 is 4.79 Å². The number of likely N-dealkylation sites (tertiary alicyclic amines) is 1. The van der Waals surface area contributed by atoms with Crippen molar-refractivity contribution in [1.82, 2.24) is 14.5 Å². The van der Waals surface area contributed by atoms with Crippen molar-refractivity contribution in [1.29, 1.82) is 0 Å². The minimum atomic E-state index is -0.0796. The number of carbonyl (C=O) groups is 1. The van der Waals surface area contributed by atoms with E-state index in [-0.39, 0.29) is 17.8 Å². The Bertz CT molecular complexity index is 996. The minimum Gasteiger partial charge on any atom is -0.324 e. The molecule has 0 spiro atoms. The molecule has 1 saturated heterocycles. The summed E-state index contributed by atoms with van der Waals surface area (Å²) in [6, 6.07) is 15.5. The molecule has 0 bridgehead atoms. The van der Waals surface area contributed by atoms with Crippen LogP contribution in [0.5, 0.6) is 0 Å². The van der Waals surface area contributed by atoms with Gasteiger partial charge in [0.2, 0.25) is 0 Å². The number of rotatable bonds is 2. The van der Waals surface area contributed by atoms with E-state index in [1.54, 1.807) is 0 Å². The first kappa shape index (κ1) is 16.4. The Kier molecular flexibility index (Phi) is 4.24. The SMILES string of the molecule is Cc1ccccc1NC(=O)N1CCC(n2c(=O)[nH]c3ccccc32)CC1. The van der Waals surface area contributed by atoms with Crippen molar-refractivity contribution >= 4 is 22.8 Å². The molecule has 1 aliphatic heterocycles. The van der Waals surface area contributed by atoms with Gasteiger partial charge in [0.15, 0.2) is 0 Å². The van der Waals surface area contributed by atoms with Crippen molar-refractivity contribution in [3.63, 3.8) is 0 Å². The molecule has 0 saturated carbocycles. The standard InChI is InChI=1S/C20H22N4O2/c1-14-6-2-3-7-16(14)21-19(25)23-12-10-15(11-13-23)24-18-9-5-4-8-17(18)22-20(24)26/h2-9,15H,10-13H2,1H3,(H,21,25)(H,22,26). The van der Waals surface area contributed by atoms with E-state index in [4.69, 9.17) is 0 Å². The molecule has 3 aromatic rings. The molecule has 1 aliphatic rings. The molecule has 2 amide bonds. The lowest BCUT2D eigenvalue weighted by atomic mass is 10.0. The second kappa shape index (κ2) is 6.71. The van der Waals surface area contributed by atoms with Gasteiger partial charge in [-0.05, 0) is 43.5 Å². The quantitative estimate of drug-likeness (QED) is 0.742. The molecule has 26 heavy (non-hydrogen) atoms. The van der Waals surface area contributed by atoms with Gasteiger partial charge >= 0.3 is 11.7 Å². The lowest BCUT2D eigenvalue weighted by Gasteiger charge is -2.32. The molecule has 0 radical (unpaired) electrons. The van der Waals surface area contributed by atoms with E-state index in [0.717, 1.165) is 35.1 Å². The molecule has 2 heterocycles. The number of hydrogen-bond acceptors (Lipinski definition) is 2. The summed E-state index contributed by atoms with van der Waals surface area (Å²) in [5, 5.41) is 2.98. The summed E-state index contributed by atoms with van der Waals surface area (Å²) < 4.78 is 1.84. The molecule has 1 fully saturated rings. The molecule has 0 atom stereocenters. The number of fused-ring (bicyclic) bond motifs is 1. The van der Waals surface area contributed by atoms with Crippen LogP contribution in [0.1, 0.15) is 24.4 Å². The maximum absolute atomic E-state index is 12.5. The van der Waals surface area contributed by atoms with Crippen LogP contribution in [-0.2, 0) is 0 Å². The highest BCUT2D eigenvalue weighted by atomic mass is 16.2. The van der Waals surface area contributed by atoms with Crippen molar-refractivity contribution in [3.05, 3.63) is 64.6 Å². The third-order valence-corrected chi connectivity index (χ3v) is 5.13. The molecule has 0 unspecified atom stereocenters. The van der Waals surface area contributed by atoms with Gasteiger partial charge in [0, 0.05) is 24.8 Å². The first-order valence-electron chi connectivity index (χ1n) is 8.94. The van der Waals surface area contributed by atoms with Crippen molar-refractivity contribution in [3.8, 4) is 0 Å². The fourth-order valence-electron chi connectivity index (χ4n) is 3.67. The third kappa shape index (κ3) is 2.98. The summed E-state index contributed by atoms with van der Waals surface area (Å²) in [6.07, 6.45) is 1.53. The minimum absolute atomic E-state index is 0.0750. The van der Waals surface area contributed by atoms with Gasteiger partial charge in [0.1, 0.15) is 0 Å². The van der Waals surface area contributed by atoms with Crippen LogP contribution in [0.2, 0.25) is 0 Å². The molecular weight excluding hydrogens is 328 g/mol. The first-order valence-corrected chi connectivity index (χ1v) is 8.94. The van der Waals surface area contributed by atoms with Gasteiger partial charge in [-0.3, -0.25) is 4.57 Å². The second-order valence-electron chi connectivity index (χ2n) is 6.78. The fourth-order valence-corrected chi connectivity index (χ4v) is 3.67. The van der Waals surface area contributed by atoms with Gasteiger partial charge in [-0.25, -0.2) is 9.59 Å². The number of nitrogens with zero attached hydrogens (tertiary/aromatic N) is 2. The lowest BCUT2D eigenvalue weighted by molar-refractivity contribution is 0.184. The number of aryl methyl sites for hydroxylation is 1. The Balaban J connectivity index is 1.45. The Labute approximate surface area is 151 Å². The molecule has 134 valence electrons. The highest BCUT2D eigenvalue weighted by Gasteiger charge is 2.26. The summed E-state index contributed by atoms with van der Waals surface area (Å²) in [5.41, 5.74) is 3.60. The van der Waals surface area contributed by atoms with Crippen LogP contribution < -0.4 is 11.0 Å². The number of carbonyl (C=O) groups excluding carboxylic acids is 1. The van der Waals surface area contributed by atoms with E-state index in [9.17, 15) is 9.59 Å². The van der Waals surface area contributed by atoms with E-state index in [0.29, 0.717) is 13.1 Å². The van der Waals surface area contributed by atoms with Gasteiger partial charge in [-0.15, -0.1) is 0 Å². The number of para-hydroxylation sites is 3. The average molecular weight is 350 g/mol. The number of benzene rings is 2. The van der Waals surface area contributed by atoms with Gasteiger partial charge in [-0.2, -0.15) is 0 Å². The number of piperidine rings is 1. The van der Waals surface area contributed by atoms with E-state index in [1.807, 2.05) is 64.9 Å². The van der Waals surface area contributed by atoms with Crippen LogP contribution in [0.15, 0.2) is 53.3 Å². The van der Waals surface area contributed by atoms with Gasteiger partial charge < -0.3 is 15.2 Å². The molecule has 6 heteroatoms. The smallest absolute Gasteiger partial charge is 0.324 e. The Morgan fingerprint density at radius 1 is 1.08 bits per heavy atom. The molecule has 2 aromatic carbocycles. The Morgan fingerprint density at radius 2 is 1.77 bits per heavy atom. The largest absolute Gasteiger partial charge is 0.326 e. The molecule has 0 aliphatic carbocycles. The van der Waals surface area contributed by atoms with Crippen LogP contribution in [0.25, 0.3) is 11.0 Å². The zero-order valence-corrected chi connectivity index (χ0v) is 14.7. The van der Waals surface area contributed by atoms with Crippen LogP contribution in [0.3, 0.4) is 0 Å². The summed E-state index contributed by atoms with van der Waals surface area (Å²) in [7, 11) is 0. The van der Waals surface area contributed by atoms with Crippen LogP contribution >= 0.6 is 0 Å². The number of hydrogen-bond donors (Lipinski definition) is 2. The molecule has 6 nitrogen and oxygen atoms in total. The van der Waals surface area contributed by atoms with Crippen LogP contribution in [-0.4, -0.2) is 33.6 Å². The normalized spacial score (nSPS) is 15.3. The number of aromatic nitrogens is 2. The van der Waals surface area contributed by atoms with Crippen LogP contribution in [0.4, 0.5) is 10.5 Å².